The van der Waals surface area contributed by atoms with E-state index < -0.39 is 0 Å². The molecule has 1 saturated heterocycles. The molecule has 0 aromatic heterocycles. The van der Waals surface area contributed by atoms with Gasteiger partial charge in [0, 0.05) is 25.4 Å². The molecule has 2 heterocycles. The maximum Gasteiger partial charge on any atom is 0.156 e. The highest BCUT2D eigenvalue weighted by molar-refractivity contribution is 8.13. The Labute approximate surface area is 96.1 Å². The van der Waals surface area contributed by atoms with Crippen LogP contribution in [0.4, 0.5) is 0 Å². The van der Waals surface area contributed by atoms with Crippen molar-refractivity contribution in [3.63, 3.8) is 0 Å². The Hall–Kier alpha value is -0.220. The SMILES string of the molecule is CC1CN=C(NCCC2CCCO2)SC1. The van der Waals surface area contributed by atoms with Crippen molar-refractivity contribution in [3.8, 4) is 0 Å². The molecule has 2 rings (SSSR count). The van der Waals surface area contributed by atoms with Crippen molar-refractivity contribution in [1.29, 1.82) is 0 Å². The van der Waals surface area contributed by atoms with E-state index in [-0.39, 0.29) is 0 Å². The van der Waals surface area contributed by atoms with Crippen molar-refractivity contribution in [2.24, 2.45) is 10.9 Å². The van der Waals surface area contributed by atoms with Gasteiger partial charge in [0.2, 0.25) is 0 Å². The van der Waals surface area contributed by atoms with E-state index in [0.717, 1.165) is 37.2 Å². The molecule has 4 heteroatoms. The Bertz CT molecular complexity index is 227. The zero-order valence-corrected chi connectivity index (χ0v) is 10.2. The molecule has 0 bridgehead atoms. The van der Waals surface area contributed by atoms with Crippen molar-refractivity contribution >= 4 is 16.9 Å². The molecule has 0 spiro atoms. The average Bonchev–Trinajstić information content (AvgIpc) is 2.74. The third kappa shape index (κ3) is 3.68. The molecule has 0 aromatic rings. The maximum absolute atomic E-state index is 5.57. The van der Waals surface area contributed by atoms with Crippen molar-refractivity contribution in [1.82, 2.24) is 5.32 Å². The number of aliphatic imine (C=N–C) groups is 1. The first-order valence-electron chi connectivity index (χ1n) is 5.87. The number of nitrogens with one attached hydrogen (secondary N) is 1. The van der Waals surface area contributed by atoms with E-state index in [9.17, 15) is 0 Å². The summed E-state index contributed by atoms with van der Waals surface area (Å²) < 4.78 is 5.57. The normalized spacial score (nSPS) is 31.4. The molecular formula is C11H20N2OS. The van der Waals surface area contributed by atoms with Crippen molar-refractivity contribution in [2.75, 3.05) is 25.4 Å². The summed E-state index contributed by atoms with van der Waals surface area (Å²) in [5, 5.41) is 4.53. The molecule has 2 aliphatic heterocycles. The van der Waals surface area contributed by atoms with Gasteiger partial charge in [-0.1, -0.05) is 18.7 Å². The lowest BCUT2D eigenvalue weighted by Gasteiger charge is -2.18. The molecule has 1 fully saturated rings. The van der Waals surface area contributed by atoms with Crippen LogP contribution in [0.25, 0.3) is 0 Å². The van der Waals surface area contributed by atoms with Crippen LogP contribution in [0, 0.1) is 5.92 Å². The van der Waals surface area contributed by atoms with Crippen molar-refractivity contribution in [2.45, 2.75) is 32.3 Å². The van der Waals surface area contributed by atoms with Crippen LogP contribution in [0.5, 0.6) is 0 Å². The summed E-state index contributed by atoms with van der Waals surface area (Å²) in [4.78, 5) is 4.50. The van der Waals surface area contributed by atoms with Crippen molar-refractivity contribution < 1.29 is 4.74 Å². The lowest BCUT2D eigenvalue weighted by molar-refractivity contribution is 0.105. The fourth-order valence-corrected chi connectivity index (χ4v) is 2.80. The van der Waals surface area contributed by atoms with Gasteiger partial charge in [-0.2, -0.15) is 0 Å². The molecule has 86 valence electrons. The third-order valence-corrected chi connectivity index (χ3v) is 4.10. The van der Waals surface area contributed by atoms with Crippen LogP contribution in [0.3, 0.4) is 0 Å². The number of amidine groups is 1. The van der Waals surface area contributed by atoms with Gasteiger partial charge in [-0.15, -0.1) is 0 Å². The zero-order chi connectivity index (χ0) is 10.5. The van der Waals surface area contributed by atoms with Crippen molar-refractivity contribution in [3.05, 3.63) is 0 Å². The van der Waals surface area contributed by atoms with Gasteiger partial charge in [0.15, 0.2) is 5.17 Å². The van der Waals surface area contributed by atoms with Crippen LogP contribution in [0.15, 0.2) is 4.99 Å². The summed E-state index contributed by atoms with van der Waals surface area (Å²) >= 11 is 1.85. The lowest BCUT2D eigenvalue weighted by atomic mass is 10.2. The van der Waals surface area contributed by atoms with Gasteiger partial charge < -0.3 is 10.1 Å². The number of rotatable bonds is 3. The van der Waals surface area contributed by atoms with Crippen LogP contribution in [-0.4, -0.2) is 36.7 Å². The monoisotopic (exact) mass is 228 g/mol. The number of hydrogen-bond acceptors (Lipinski definition) is 4. The summed E-state index contributed by atoms with van der Waals surface area (Å²) in [6.07, 6.45) is 4.08. The van der Waals surface area contributed by atoms with Crippen LogP contribution in [-0.2, 0) is 4.74 Å². The van der Waals surface area contributed by atoms with E-state index in [1.54, 1.807) is 0 Å². The second-order valence-corrected chi connectivity index (χ2v) is 5.42. The van der Waals surface area contributed by atoms with Crippen LogP contribution >= 0.6 is 11.8 Å². The van der Waals surface area contributed by atoms with Crippen LogP contribution < -0.4 is 5.32 Å². The molecule has 0 aromatic carbocycles. The van der Waals surface area contributed by atoms with E-state index in [0.29, 0.717) is 6.10 Å². The molecule has 0 saturated carbocycles. The van der Waals surface area contributed by atoms with Crippen LogP contribution in [0.2, 0.25) is 0 Å². The number of ether oxygens (including phenoxy) is 1. The topological polar surface area (TPSA) is 33.6 Å². The molecule has 15 heavy (non-hydrogen) atoms. The highest BCUT2D eigenvalue weighted by atomic mass is 32.2. The van der Waals surface area contributed by atoms with Gasteiger partial charge in [-0.3, -0.25) is 4.99 Å². The third-order valence-electron chi connectivity index (χ3n) is 2.82. The van der Waals surface area contributed by atoms with Crippen LogP contribution in [0.1, 0.15) is 26.2 Å². The Morgan fingerprint density at radius 3 is 3.20 bits per heavy atom. The predicted octanol–water partition coefficient (Wildman–Crippen LogP) is 1.88. The first kappa shape index (κ1) is 11.3. The molecule has 3 nitrogen and oxygen atoms in total. The average molecular weight is 228 g/mol. The molecular weight excluding hydrogens is 208 g/mol. The van der Waals surface area contributed by atoms with Gasteiger partial charge in [0.05, 0.1) is 6.10 Å². The van der Waals surface area contributed by atoms with E-state index in [2.05, 4.69) is 17.2 Å². The lowest BCUT2D eigenvalue weighted by Crippen LogP contribution is -2.28. The minimum Gasteiger partial charge on any atom is -0.378 e. The van der Waals surface area contributed by atoms with E-state index in [1.165, 1.54) is 18.6 Å². The number of nitrogens with zero attached hydrogens (tertiary/aromatic N) is 1. The molecule has 0 amide bonds. The summed E-state index contributed by atoms with van der Waals surface area (Å²) in [7, 11) is 0. The highest BCUT2D eigenvalue weighted by Crippen LogP contribution is 2.17. The molecule has 2 unspecified atom stereocenters. The summed E-state index contributed by atoms with van der Waals surface area (Å²) in [5.74, 6) is 1.94. The maximum atomic E-state index is 5.57. The van der Waals surface area contributed by atoms with Gasteiger partial charge in [-0.25, -0.2) is 0 Å². The Morgan fingerprint density at radius 1 is 1.60 bits per heavy atom. The predicted molar refractivity (Wildman–Crippen MR) is 65.5 cm³/mol. The minimum atomic E-state index is 0.491. The molecule has 1 N–H and O–H groups in total. The minimum absolute atomic E-state index is 0.491. The van der Waals surface area contributed by atoms with Gasteiger partial charge in [0.1, 0.15) is 0 Å². The zero-order valence-electron chi connectivity index (χ0n) is 9.37. The second kappa shape index (κ2) is 5.75. The molecule has 0 aliphatic carbocycles. The van der Waals surface area contributed by atoms with Gasteiger partial charge in [-0.05, 0) is 25.2 Å². The Balaban J connectivity index is 1.61. The largest absolute Gasteiger partial charge is 0.378 e. The molecule has 2 atom stereocenters. The number of hydrogen-bond donors (Lipinski definition) is 1. The molecule has 0 radical (unpaired) electrons. The Morgan fingerprint density at radius 2 is 2.53 bits per heavy atom. The highest BCUT2D eigenvalue weighted by Gasteiger charge is 2.16. The smallest absolute Gasteiger partial charge is 0.156 e. The standard InChI is InChI=1S/C11H20N2OS/c1-9-7-13-11(15-8-9)12-5-4-10-3-2-6-14-10/h9-10H,2-8H2,1H3,(H,12,13). The van der Waals surface area contributed by atoms with Gasteiger partial charge in [0.25, 0.3) is 0 Å². The van der Waals surface area contributed by atoms with E-state index in [1.807, 2.05) is 11.8 Å². The Kier molecular flexibility index (Phi) is 4.32. The summed E-state index contributed by atoms with van der Waals surface area (Å²) in [6.45, 7) is 5.19. The van der Waals surface area contributed by atoms with Gasteiger partial charge >= 0.3 is 0 Å². The quantitative estimate of drug-likeness (QED) is 0.801. The fraction of sp³-hybridized carbons (Fsp3) is 0.909. The second-order valence-electron chi connectivity index (χ2n) is 4.41. The summed E-state index contributed by atoms with van der Waals surface area (Å²) in [6, 6.07) is 0. The molecule has 2 aliphatic rings. The summed E-state index contributed by atoms with van der Waals surface area (Å²) in [5.41, 5.74) is 0. The first-order chi connectivity index (χ1) is 7.34. The first-order valence-corrected chi connectivity index (χ1v) is 6.86. The fourth-order valence-electron chi connectivity index (χ4n) is 1.88. The number of thioether (sulfide) groups is 1. The van der Waals surface area contributed by atoms with E-state index in [4.69, 9.17) is 4.74 Å². The van der Waals surface area contributed by atoms with E-state index >= 15 is 0 Å².